The molecule has 4 nitrogen and oxygen atoms in total. The first-order chi connectivity index (χ1) is 9.17. The van der Waals surface area contributed by atoms with E-state index in [1.807, 2.05) is 0 Å². The predicted molar refractivity (Wildman–Crippen MR) is 79.0 cm³/mol. The molecule has 3 unspecified atom stereocenters. The van der Waals surface area contributed by atoms with Crippen molar-refractivity contribution >= 4 is 11.3 Å². The van der Waals surface area contributed by atoms with Gasteiger partial charge in [0.2, 0.25) is 0 Å². The third-order valence-electron chi connectivity index (χ3n) is 4.98. The van der Waals surface area contributed by atoms with Gasteiger partial charge in [0.25, 0.3) is 0 Å². The zero-order chi connectivity index (χ0) is 13.4. The van der Waals surface area contributed by atoms with Crippen LogP contribution in [0.5, 0.6) is 0 Å². The van der Waals surface area contributed by atoms with Crippen LogP contribution in [-0.2, 0) is 6.42 Å². The number of hydrazine groups is 1. The number of nitrogens with two attached hydrogens (primary N) is 1. The molecule has 3 rings (SSSR count). The summed E-state index contributed by atoms with van der Waals surface area (Å²) in [6.07, 6.45) is 6.28. The number of nitrogens with one attached hydrogen (secondary N) is 1. The fraction of sp³-hybridized carbons (Fsp3) is 0.786. The fourth-order valence-electron chi connectivity index (χ4n) is 3.83. The Hall–Kier alpha value is -0.490. The van der Waals surface area contributed by atoms with Crippen LogP contribution in [0.25, 0.3) is 0 Å². The average Bonchev–Trinajstić information content (AvgIpc) is 2.87. The number of aryl methyl sites for hydroxylation is 1. The molecule has 106 valence electrons. The van der Waals surface area contributed by atoms with E-state index < -0.39 is 0 Å². The summed E-state index contributed by atoms with van der Waals surface area (Å²) in [5, 5.41) is 3.34. The molecule has 3 N–H and O–H groups in total. The number of piperidine rings is 1. The number of rotatable bonds is 4. The van der Waals surface area contributed by atoms with E-state index in [0.29, 0.717) is 12.0 Å². The molecular weight excluding hydrogens is 256 g/mol. The maximum Gasteiger partial charge on any atom is 0.0944 e. The zero-order valence-corrected chi connectivity index (χ0v) is 12.6. The highest BCUT2D eigenvalue weighted by atomic mass is 32.1. The quantitative estimate of drug-likeness (QED) is 0.651. The summed E-state index contributed by atoms with van der Waals surface area (Å²) in [5.41, 5.74) is 4.19. The number of nitrogens with zero attached hydrogens (tertiary/aromatic N) is 2. The number of thiazole rings is 1. The fourth-order valence-corrected chi connectivity index (χ4v) is 4.66. The summed E-state index contributed by atoms with van der Waals surface area (Å²) in [6, 6.07) is 1.93. The van der Waals surface area contributed by atoms with Crippen molar-refractivity contribution in [1.82, 2.24) is 15.3 Å². The maximum absolute atomic E-state index is 5.82. The lowest BCUT2D eigenvalue weighted by Gasteiger charge is -2.39. The Morgan fingerprint density at radius 1 is 1.47 bits per heavy atom. The molecule has 2 aliphatic heterocycles. The van der Waals surface area contributed by atoms with E-state index >= 15 is 0 Å². The Morgan fingerprint density at radius 3 is 2.68 bits per heavy atom. The van der Waals surface area contributed by atoms with Gasteiger partial charge in [0, 0.05) is 35.6 Å². The highest BCUT2D eigenvalue weighted by Crippen LogP contribution is 2.39. The Balaban J connectivity index is 1.66. The maximum atomic E-state index is 5.82. The molecule has 3 heterocycles. The van der Waals surface area contributed by atoms with Crippen molar-refractivity contribution < 1.29 is 0 Å². The Morgan fingerprint density at radius 2 is 2.16 bits per heavy atom. The first-order valence-electron chi connectivity index (χ1n) is 7.26. The van der Waals surface area contributed by atoms with Gasteiger partial charge in [-0.15, -0.1) is 11.3 Å². The van der Waals surface area contributed by atoms with Crippen molar-refractivity contribution in [2.24, 2.45) is 11.8 Å². The third kappa shape index (κ3) is 2.70. The van der Waals surface area contributed by atoms with Gasteiger partial charge in [-0.1, -0.05) is 0 Å². The lowest BCUT2D eigenvalue weighted by atomic mass is 9.84. The minimum Gasteiger partial charge on any atom is -0.300 e. The highest BCUT2D eigenvalue weighted by Gasteiger charge is 2.40. The summed E-state index contributed by atoms with van der Waals surface area (Å²) < 4.78 is 0. The number of hydrogen-bond acceptors (Lipinski definition) is 5. The van der Waals surface area contributed by atoms with Crippen molar-refractivity contribution in [3.8, 4) is 0 Å². The lowest BCUT2D eigenvalue weighted by Crippen LogP contribution is -2.49. The standard InChI is InChI=1S/C14H24N4S/c1-9-8-19-14(16-9)7-13(17-15)10-5-11-3-4-12(6-10)18(11)2/h8,10-13,17H,3-7,15H2,1-2H3. The second kappa shape index (κ2) is 5.48. The topological polar surface area (TPSA) is 54.2 Å². The van der Waals surface area contributed by atoms with E-state index in [1.54, 1.807) is 11.3 Å². The Bertz CT molecular complexity index is 419. The summed E-state index contributed by atoms with van der Waals surface area (Å²) in [5.74, 6) is 6.51. The highest BCUT2D eigenvalue weighted by molar-refractivity contribution is 7.09. The molecule has 2 aliphatic rings. The summed E-state index contributed by atoms with van der Waals surface area (Å²) in [7, 11) is 2.29. The molecule has 0 spiro atoms. The molecule has 0 radical (unpaired) electrons. The molecule has 0 amide bonds. The summed E-state index contributed by atoms with van der Waals surface area (Å²) >= 11 is 1.76. The molecule has 5 heteroatoms. The number of hydrogen-bond donors (Lipinski definition) is 2. The smallest absolute Gasteiger partial charge is 0.0944 e. The molecule has 0 aliphatic carbocycles. The van der Waals surface area contributed by atoms with Gasteiger partial charge in [0.15, 0.2) is 0 Å². The molecule has 0 aromatic carbocycles. The van der Waals surface area contributed by atoms with Crippen LogP contribution in [0.2, 0.25) is 0 Å². The minimum atomic E-state index is 0.377. The SMILES string of the molecule is Cc1csc(CC(NN)C2CC3CCC(C2)N3C)n1. The molecule has 2 bridgehead atoms. The molecular formula is C14H24N4S. The first-order valence-corrected chi connectivity index (χ1v) is 8.14. The van der Waals surface area contributed by atoms with Crippen LogP contribution >= 0.6 is 11.3 Å². The van der Waals surface area contributed by atoms with Crippen LogP contribution in [0.1, 0.15) is 36.4 Å². The third-order valence-corrected chi connectivity index (χ3v) is 5.97. The van der Waals surface area contributed by atoms with E-state index in [1.165, 1.54) is 30.7 Å². The van der Waals surface area contributed by atoms with Crippen LogP contribution in [-0.4, -0.2) is 35.1 Å². The van der Waals surface area contributed by atoms with E-state index in [9.17, 15) is 0 Å². The lowest BCUT2D eigenvalue weighted by molar-refractivity contribution is 0.112. The van der Waals surface area contributed by atoms with Gasteiger partial charge >= 0.3 is 0 Å². The molecule has 2 saturated heterocycles. The van der Waals surface area contributed by atoms with Crippen molar-refractivity contribution in [3.63, 3.8) is 0 Å². The van der Waals surface area contributed by atoms with E-state index in [-0.39, 0.29) is 0 Å². The monoisotopic (exact) mass is 280 g/mol. The van der Waals surface area contributed by atoms with Gasteiger partial charge in [-0.05, 0) is 45.6 Å². The zero-order valence-electron chi connectivity index (χ0n) is 11.8. The van der Waals surface area contributed by atoms with Gasteiger partial charge in [-0.25, -0.2) is 4.98 Å². The molecule has 19 heavy (non-hydrogen) atoms. The van der Waals surface area contributed by atoms with Gasteiger partial charge in [-0.3, -0.25) is 11.3 Å². The van der Waals surface area contributed by atoms with Crippen LogP contribution in [0.4, 0.5) is 0 Å². The molecule has 1 aromatic rings. The van der Waals surface area contributed by atoms with Gasteiger partial charge in [0.05, 0.1) is 5.01 Å². The second-order valence-corrected chi connectivity index (χ2v) is 7.08. The van der Waals surface area contributed by atoms with Crippen LogP contribution < -0.4 is 11.3 Å². The van der Waals surface area contributed by atoms with Crippen LogP contribution in [0, 0.1) is 12.8 Å². The predicted octanol–water partition coefficient (Wildman–Crippen LogP) is 1.70. The number of aromatic nitrogens is 1. The Labute approximate surface area is 119 Å². The summed E-state index contributed by atoms with van der Waals surface area (Å²) in [6.45, 7) is 2.06. The van der Waals surface area contributed by atoms with E-state index in [4.69, 9.17) is 5.84 Å². The van der Waals surface area contributed by atoms with E-state index in [2.05, 4.69) is 34.7 Å². The molecule has 1 aromatic heterocycles. The minimum absolute atomic E-state index is 0.377. The normalized spacial score (nSPS) is 32.7. The first kappa shape index (κ1) is 13.5. The van der Waals surface area contributed by atoms with Gasteiger partial charge < -0.3 is 4.90 Å². The Kier molecular flexibility index (Phi) is 3.89. The number of fused-ring (bicyclic) bond motifs is 2. The van der Waals surface area contributed by atoms with Crippen LogP contribution in [0.3, 0.4) is 0 Å². The van der Waals surface area contributed by atoms with Crippen LogP contribution in [0.15, 0.2) is 5.38 Å². The second-order valence-electron chi connectivity index (χ2n) is 6.14. The van der Waals surface area contributed by atoms with Gasteiger partial charge in [-0.2, -0.15) is 0 Å². The molecule has 0 saturated carbocycles. The van der Waals surface area contributed by atoms with Crippen molar-refractivity contribution in [2.75, 3.05) is 7.05 Å². The molecule has 2 fully saturated rings. The van der Waals surface area contributed by atoms with Crippen molar-refractivity contribution in [1.29, 1.82) is 0 Å². The summed E-state index contributed by atoms with van der Waals surface area (Å²) in [4.78, 5) is 7.16. The van der Waals surface area contributed by atoms with E-state index in [0.717, 1.165) is 24.2 Å². The molecule has 3 atom stereocenters. The largest absolute Gasteiger partial charge is 0.300 e. The average molecular weight is 280 g/mol. The van der Waals surface area contributed by atoms with Crippen molar-refractivity contribution in [3.05, 3.63) is 16.1 Å². The van der Waals surface area contributed by atoms with Crippen molar-refractivity contribution in [2.45, 2.75) is 57.2 Å². The van der Waals surface area contributed by atoms with Gasteiger partial charge in [0.1, 0.15) is 0 Å².